The summed E-state index contributed by atoms with van der Waals surface area (Å²) in [5.41, 5.74) is 0.728. The van der Waals surface area contributed by atoms with Gasteiger partial charge in [-0.1, -0.05) is 0 Å². The normalized spacial score (nSPS) is 15.0. The standard InChI is InChI=1S/C19H24FN5O3/c1-12(20)6-7-17(21-3)23-18(26)16-9-14(8-13(2)22-16)28-15-10-25(11-15)19(27)24(4)5/h6-9,15H,3,10-11H2,1-2,4-5H3,(H,23,26)/b12-6+,17-7+. The molecule has 0 spiro atoms. The fourth-order valence-corrected chi connectivity index (χ4v) is 2.47. The lowest BCUT2D eigenvalue weighted by Gasteiger charge is -2.40. The summed E-state index contributed by atoms with van der Waals surface area (Å²) in [5.74, 6) is -0.363. The number of hydrogen-bond donors (Lipinski definition) is 1. The first-order valence-corrected chi connectivity index (χ1v) is 8.63. The number of hydrogen-bond acceptors (Lipinski definition) is 5. The van der Waals surface area contributed by atoms with Gasteiger partial charge in [0.15, 0.2) is 0 Å². The van der Waals surface area contributed by atoms with Crippen LogP contribution in [0.5, 0.6) is 5.75 Å². The van der Waals surface area contributed by atoms with Crippen molar-refractivity contribution in [2.45, 2.75) is 20.0 Å². The lowest BCUT2D eigenvalue weighted by atomic mass is 10.2. The van der Waals surface area contributed by atoms with Crippen LogP contribution in [0.25, 0.3) is 0 Å². The van der Waals surface area contributed by atoms with Crippen LogP contribution in [-0.2, 0) is 0 Å². The fraction of sp³-hybridized carbons (Fsp3) is 0.368. The van der Waals surface area contributed by atoms with E-state index in [4.69, 9.17) is 4.74 Å². The Kier molecular flexibility index (Phi) is 6.86. The van der Waals surface area contributed by atoms with E-state index in [0.29, 0.717) is 24.5 Å². The number of carbonyl (C=O) groups excluding carboxylic acids is 2. The number of pyridine rings is 1. The molecule has 1 aromatic rings. The van der Waals surface area contributed by atoms with Gasteiger partial charge in [-0.15, -0.1) is 0 Å². The average Bonchev–Trinajstić information content (AvgIpc) is 2.59. The van der Waals surface area contributed by atoms with Gasteiger partial charge in [0, 0.05) is 31.9 Å². The lowest BCUT2D eigenvalue weighted by molar-refractivity contribution is 0.0355. The Morgan fingerprint density at radius 1 is 1.39 bits per heavy atom. The molecule has 0 saturated carbocycles. The first-order chi connectivity index (χ1) is 13.2. The minimum absolute atomic E-state index is 0.0698. The molecular weight excluding hydrogens is 365 g/mol. The largest absolute Gasteiger partial charge is 0.487 e. The number of halogens is 1. The van der Waals surface area contributed by atoms with Gasteiger partial charge in [-0.2, -0.15) is 0 Å². The Hall–Kier alpha value is -3.23. The third kappa shape index (κ3) is 5.63. The number of likely N-dealkylation sites (tertiary alicyclic amines) is 1. The number of urea groups is 1. The highest BCUT2D eigenvalue weighted by atomic mass is 19.1. The maximum absolute atomic E-state index is 12.8. The van der Waals surface area contributed by atoms with Gasteiger partial charge in [-0.05, 0) is 32.7 Å². The Bertz CT molecular complexity index is 825. The molecule has 2 heterocycles. The summed E-state index contributed by atoms with van der Waals surface area (Å²) >= 11 is 0. The number of aryl methyl sites for hydroxylation is 1. The molecule has 0 radical (unpaired) electrons. The number of ether oxygens (including phenoxy) is 1. The van der Waals surface area contributed by atoms with Crippen LogP contribution in [-0.4, -0.2) is 66.7 Å². The van der Waals surface area contributed by atoms with Gasteiger partial charge in [0.2, 0.25) is 0 Å². The Balaban J connectivity index is 2.04. The maximum atomic E-state index is 12.8. The summed E-state index contributed by atoms with van der Waals surface area (Å²) in [5, 5.41) is 2.51. The maximum Gasteiger partial charge on any atom is 0.319 e. The van der Waals surface area contributed by atoms with Crippen molar-refractivity contribution in [1.82, 2.24) is 20.1 Å². The van der Waals surface area contributed by atoms with Gasteiger partial charge in [0.1, 0.15) is 23.4 Å². The average molecular weight is 389 g/mol. The Morgan fingerprint density at radius 2 is 2.07 bits per heavy atom. The van der Waals surface area contributed by atoms with Crippen LogP contribution in [0, 0.1) is 6.92 Å². The molecule has 0 atom stereocenters. The molecule has 1 aliphatic heterocycles. The molecular formula is C19H24FN5O3. The first kappa shape index (κ1) is 21.1. The van der Waals surface area contributed by atoms with Gasteiger partial charge in [-0.25, -0.2) is 19.2 Å². The smallest absolute Gasteiger partial charge is 0.319 e. The van der Waals surface area contributed by atoms with Gasteiger partial charge < -0.3 is 19.9 Å². The van der Waals surface area contributed by atoms with Gasteiger partial charge in [-0.3, -0.25) is 4.79 Å². The molecule has 0 bridgehead atoms. The Morgan fingerprint density at radius 3 is 2.64 bits per heavy atom. The van der Waals surface area contributed by atoms with Gasteiger partial charge >= 0.3 is 6.03 Å². The summed E-state index contributed by atoms with van der Waals surface area (Å²) in [6.07, 6.45) is 2.32. The zero-order valence-electron chi connectivity index (χ0n) is 16.4. The molecule has 0 aliphatic carbocycles. The highest BCUT2D eigenvalue weighted by Crippen LogP contribution is 2.20. The van der Waals surface area contributed by atoms with Crippen LogP contribution in [0.4, 0.5) is 9.18 Å². The van der Waals surface area contributed by atoms with Crippen LogP contribution in [0.15, 0.2) is 40.9 Å². The molecule has 2 rings (SSSR count). The summed E-state index contributed by atoms with van der Waals surface area (Å²) in [4.78, 5) is 35.3. The zero-order valence-corrected chi connectivity index (χ0v) is 16.4. The van der Waals surface area contributed by atoms with Crippen molar-refractivity contribution in [3.8, 4) is 5.75 Å². The number of nitrogens with one attached hydrogen (secondary N) is 1. The SMILES string of the molecule is C=N/C(=C\C=C(/C)F)NC(=O)c1cc(OC2CN(C(=O)N(C)C)C2)cc(C)n1. The number of nitrogens with zero attached hydrogens (tertiary/aromatic N) is 4. The molecule has 1 aromatic heterocycles. The molecule has 1 N–H and O–H groups in total. The highest BCUT2D eigenvalue weighted by Gasteiger charge is 2.33. The third-order valence-corrected chi connectivity index (χ3v) is 3.85. The van der Waals surface area contributed by atoms with Gasteiger partial charge in [0.25, 0.3) is 5.91 Å². The van der Waals surface area contributed by atoms with E-state index >= 15 is 0 Å². The van der Waals surface area contributed by atoms with Crippen LogP contribution in [0.1, 0.15) is 23.1 Å². The van der Waals surface area contributed by atoms with E-state index in [1.54, 1.807) is 32.0 Å². The second-order valence-electron chi connectivity index (χ2n) is 6.57. The van der Waals surface area contributed by atoms with E-state index in [2.05, 4.69) is 22.0 Å². The quantitative estimate of drug-likeness (QED) is 0.597. The predicted molar refractivity (Wildman–Crippen MR) is 104 cm³/mol. The van der Waals surface area contributed by atoms with Crippen LogP contribution >= 0.6 is 0 Å². The van der Waals surface area contributed by atoms with E-state index in [9.17, 15) is 14.0 Å². The van der Waals surface area contributed by atoms with Crippen molar-refractivity contribution >= 4 is 18.7 Å². The monoisotopic (exact) mass is 389 g/mol. The lowest BCUT2D eigenvalue weighted by Crippen LogP contribution is -2.58. The number of aromatic nitrogens is 1. The van der Waals surface area contributed by atoms with Crippen molar-refractivity contribution in [3.63, 3.8) is 0 Å². The summed E-state index contributed by atoms with van der Waals surface area (Å²) < 4.78 is 18.7. The van der Waals surface area contributed by atoms with Crippen molar-refractivity contribution in [3.05, 3.63) is 47.3 Å². The topological polar surface area (TPSA) is 87.1 Å². The van der Waals surface area contributed by atoms with Crippen molar-refractivity contribution < 1.29 is 18.7 Å². The molecule has 28 heavy (non-hydrogen) atoms. The second kappa shape index (κ2) is 9.12. The van der Waals surface area contributed by atoms with Crippen LogP contribution in [0.3, 0.4) is 0 Å². The molecule has 0 unspecified atom stereocenters. The fourth-order valence-electron chi connectivity index (χ4n) is 2.47. The predicted octanol–water partition coefficient (Wildman–Crippen LogP) is 2.28. The third-order valence-electron chi connectivity index (χ3n) is 3.85. The number of allylic oxidation sites excluding steroid dienone is 3. The number of carbonyl (C=O) groups is 2. The van der Waals surface area contributed by atoms with Crippen molar-refractivity contribution in [2.75, 3.05) is 27.2 Å². The summed E-state index contributed by atoms with van der Waals surface area (Å²) in [7, 11) is 3.39. The van der Waals surface area contributed by atoms with E-state index in [-0.39, 0.29) is 23.6 Å². The highest BCUT2D eigenvalue weighted by molar-refractivity contribution is 5.93. The molecule has 9 heteroatoms. The van der Waals surface area contributed by atoms with E-state index < -0.39 is 11.7 Å². The molecule has 0 aromatic carbocycles. The minimum Gasteiger partial charge on any atom is -0.487 e. The summed E-state index contributed by atoms with van der Waals surface area (Å²) in [6, 6.07) is 3.15. The molecule has 1 saturated heterocycles. The van der Waals surface area contributed by atoms with E-state index in [0.717, 1.165) is 0 Å². The summed E-state index contributed by atoms with van der Waals surface area (Å²) in [6.45, 7) is 7.31. The number of amides is 3. The van der Waals surface area contributed by atoms with Crippen LogP contribution in [0.2, 0.25) is 0 Å². The zero-order chi connectivity index (χ0) is 20.8. The first-order valence-electron chi connectivity index (χ1n) is 8.63. The molecule has 1 fully saturated rings. The molecule has 150 valence electrons. The molecule has 3 amide bonds. The second-order valence-corrected chi connectivity index (χ2v) is 6.57. The van der Waals surface area contributed by atoms with E-state index in [1.165, 1.54) is 30.0 Å². The molecule has 1 aliphatic rings. The van der Waals surface area contributed by atoms with Crippen molar-refractivity contribution in [1.29, 1.82) is 0 Å². The van der Waals surface area contributed by atoms with E-state index in [1.807, 2.05) is 0 Å². The van der Waals surface area contributed by atoms with Gasteiger partial charge in [0.05, 0.1) is 18.9 Å². The number of aliphatic imine (C=N–C) groups is 1. The van der Waals surface area contributed by atoms with Crippen LogP contribution < -0.4 is 10.1 Å². The minimum atomic E-state index is -0.518. The molecule has 8 nitrogen and oxygen atoms in total. The number of rotatable bonds is 6. The Labute approximate surface area is 163 Å². The van der Waals surface area contributed by atoms with Crippen molar-refractivity contribution in [2.24, 2.45) is 4.99 Å².